The van der Waals surface area contributed by atoms with Crippen molar-refractivity contribution in [3.05, 3.63) is 52.0 Å². The van der Waals surface area contributed by atoms with Crippen LogP contribution in [0.25, 0.3) is 0 Å². The Morgan fingerprint density at radius 1 is 1.25 bits per heavy atom. The quantitative estimate of drug-likeness (QED) is 0.854. The highest BCUT2D eigenvalue weighted by atomic mass is 79.9. The maximum absolute atomic E-state index is 9.63. The van der Waals surface area contributed by atoms with Gasteiger partial charge < -0.3 is 15.2 Å². The number of methoxy groups -OCH3 is 1. The van der Waals surface area contributed by atoms with E-state index >= 15 is 0 Å². The van der Waals surface area contributed by atoms with E-state index in [1.807, 2.05) is 24.3 Å². The van der Waals surface area contributed by atoms with Crippen LogP contribution >= 0.6 is 15.9 Å². The van der Waals surface area contributed by atoms with E-state index in [1.165, 1.54) is 5.56 Å². The highest BCUT2D eigenvalue weighted by Crippen LogP contribution is 2.32. The summed E-state index contributed by atoms with van der Waals surface area (Å²) in [5, 5.41) is 13.1. The lowest BCUT2D eigenvalue weighted by Crippen LogP contribution is -2.07. The zero-order chi connectivity index (χ0) is 14.7. The highest BCUT2D eigenvalue weighted by Gasteiger charge is 2.11. The fourth-order valence-corrected chi connectivity index (χ4v) is 2.42. The second-order valence-corrected chi connectivity index (χ2v) is 5.53. The summed E-state index contributed by atoms with van der Waals surface area (Å²) in [6, 6.07) is 11.6. The summed E-state index contributed by atoms with van der Waals surface area (Å²) < 4.78 is 6.21. The van der Waals surface area contributed by atoms with Crippen molar-refractivity contribution in [3.63, 3.8) is 0 Å². The number of anilines is 1. The van der Waals surface area contributed by atoms with Gasteiger partial charge in [0.2, 0.25) is 0 Å². The Hall–Kier alpha value is -1.68. The van der Waals surface area contributed by atoms with Crippen molar-refractivity contribution < 1.29 is 9.84 Å². The Bertz CT molecular complexity index is 613. The largest absolute Gasteiger partial charge is 0.504 e. The number of ether oxygens (including phenoxy) is 1. The van der Waals surface area contributed by atoms with E-state index in [1.54, 1.807) is 13.2 Å². The number of benzene rings is 2. The minimum Gasteiger partial charge on any atom is -0.504 e. The van der Waals surface area contributed by atoms with Crippen LogP contribution in [-0.2, 0) is 0 Å². The minimum absolute atomic E-state index is 0.0996. The first-order valence-corrected chi connectivity index (χ1v) is 7.20. The van der Waals surface area contributed by atoms with Crippen LogP contribution in [0.5, 0.6) is 11.5 Å². The third kappa shape index (κ3) is 3.07. The molecule has 0 radical (unpaired) electrons. The smallest absolute Gasteiger partial charge is 0.160 e. The fourth-order valence-electron chi connectivity index (χ4n) is 2.04. The molecule has 0 aliphatic heterocycles. The summed E-state index contributed by atoms with van der Waals surface area (Å²) in [4.78, 5) is 0. The first-order valence-electron chi connectivity index (χ1n) is 6.41. The molecule has 0 aliphatic carbocycles. The molecule has 2 N–H and O–H groups in total. The van der Waals surface area contributed by atoms with Gasteiger partial charge in [0.1, 0.15) is 0 Å². The molecule has 4 heteroatoms. The van der Waals surface area contributed by atoms with E-state index in [-0.39, 0.29) is 11.8 Å². The van der Waals surface area contributed by atoms with Gasteiger partial charge in [-0.15, -0.1) is 0 Å². The van der Waals surface area contributed by atoms with Crippen molar-refractivity contribution >= 4 is 21.6 Å². The van der Waals surface area contributed by atoms with Gasteiger partial charge >= 0.3 is 0 Å². The molecule has 2 rings (SSSR count). The predicted octanol–water partition coefficient (Wildman–Crippen LogP) is 4.64. The number of phenols is 1. The SMILES string of the molecule is COc1cc(C(C)Nc2cccc(C)c2Br)ccc1O. The molecule has 0 amide bonds. The summed E-state index contributed by atoms with van der Waals surface area (Å²) >= 11 is 3.59. The Morgan fingerprint density at radius 2 is 2.00 bits per heavy atom. The molecule has 20 heavy (non-hydrogen) atoms. The van der Waals surface area contributed by atoms with Crippen LogP contribution in [0.4, 0.5) is 5.69 Å². The molecule has 3 nitrogen and oxygen atoms in total. The summed E-state index contributed by atoms with van der Waals surface area (Å²) in [5.41, 5.74) is 3.28. The molecular weight excluding hydrogens is 318 g/mol. The number of hydrogen-bond donors (Lipinski definition) is 2. The Labute approximate surface area is 127 Å². The summed E-state index contributed by atoms with van der Waals surface area (Å²) in [6.45, 7) is 4.13. The van der Waals surface area contributed by atoms with E-state index in [9.17, 15) is 5.11 Å². The lowest BCUT2D eigenvalue weighted by Gasteiger charge is -2.18. The molecule has 0 aromatic heterocycles. The zero-order valence-corrected chi connectivity index (χ0v) is 13.4. The topological polar surface area (TPSA) is 41.5 Å². The van der Waals surface area contributed by atoms with Crippen molar-refractivity contribution in [1.29, 1.82) is 0 Å². The van der Waals surface area contributed by atoms with Gasteiger partial charge in [0.25, 0.3) is 0 Å². The molecule has 0 saturated heterocycles. The summed E-state index contributed by atoms with van der Waals surface area (Å²) in [5.74, 6) is 0.639. The van der Waals surface area contributed by atoms with Crippen molar-refractivity contribution in [2.75, 3.05) is 12.4 Å². The molecule has 0 aliphatic rings. The number of nitrogens with one attached hydrogen (secondary N) is 1. The molecule has 0 saturated carbocycles. The first-order chi connectivity index (χ1) is 9.52. The number of rotatable bonds is 4. The summed E-state index contributed by atoms with van der Waals surface area (Å²) in [7, 11) is 1.55. The van der Waals surface area contributed by atoms with Crippen molar-refractivity contribution in [3.8, 4) is 11.5 Å². The van der Waals surface area contributed by atoms with E-state index in [0.29, 0.717) is 5.75 Å². The van der Waals surface area contributed by atoms with E-state index in [2.05, 4.69) is 41.2 Å². The van der Waals surface area contributed by atoms with Gasteiger partial charge in [0.05, 0.1) is 7.11 Å². The predicted molar refractivity (Wildman–Crippen MR) is 85.6 cm³/mol. The van der Waals surface area contributed by atoms with Gasteiger partial charge in [-0.3, -0.25) is 0 Å². The van der Waals surface area contributed by atoms with Crippen LogP contribution in [0.2, 0.25) is 0 Å². The van der Waals surface area contributed by atoms with Crippen LogP contribution in [-0.4, -0.2) is 12.2 Å². The van der Waals surface area contributed by atoms with Gasteiger partial charge in [0, 0.05) is 16.2 Å². The van der Waals surface area contributed by atoms with E-state index in [4.69, 9.17) is 4.74 Å². The molecule has 2 aromatic carbocycles. The second-order valence-electron chi connectivity index (χ2n) is 4.73. The zero-order valence-electron chi connectivity index (χ0n) is 11.8. The van der Waals surface area contributed by atoms with Crippen LogP contribution in [0, 0.1) is 6.92 Å². The van der Waals surface area contributed by atoms with Crippen molar-refractivity contribution in [1.82, 2.24) is 0 Å². The Kier molecular flexibility index (Phi) is 4.55. The molecule has 106 valence electrons. The number of phenolic OH excluding ortho intramolecular Hbond substituents is 1. The summed E-state index contributed by atoms with van der Waals surface area (Å²) in [6.07, 6.45) is 0. The van der Waals surface area contributed by atoms with Gasteiger partial charge in [-0.2, -0.15) is 0 Å². The van der Waals surface area contributed by atoms with Crippen LogP contribution in [0.3, 0.4) is 0 Å². The number of aryl methyl sites for hydroxylation is 1. The molecule has 0 heterocycles. The average molecular weight is 336 g/mol. The lowest BCUT2D eigenvalue weighted by molar-refractivity contribution is 0.373. The fraction of sp³-hybridized carbons (Fsp3) is 0.250. The van der Waals surface area contributed by atoms with Gasteiger partial charge in [-0.25, -0.2) is 0 Å². The minimum atomic E-state index is 0.0996. The number of hydrogen-bond acceptors (Lipinski definition) is 3. The standard InChI is InChI=1S/C16H18BrNO2/c1-10-5-4-6-13(16(10)17)18-11(2)12-7-8-14(19)15(9-12)20-3/h4-9,11,18-19H,1-3H3. The molecular formula is C16H18BrNO2. The second kappa shape index (κ2) is 6.18. The highest BCUT2D eigenvalue weighted by molar-refractivity contribution is 9.10. The first kappa shape index (κ1) is 14.7. The molecule has 1 unspecified atom stereocenters. The maximum Gasteiger partial charge on any atom is 0.160 e. The lowest BCUT2D eigenvalue weighted by atomic mass is 10.1. The van der Waals surface area contributed by atoms with Gasteiger partial charge in [0.15, 0.2) is 11.5 Å². The van der Waals surface area contributed by atoms with Gasteiger partial charge in [-0.1, -0.05) is 18.2 Å². The Morgan fingerprint density at radius 3 is 2.70 bits per heavy atom. The molecule has 1 atom stereocenters. The maximum atomic E-state index is 9.63. The van der Waals surface area contributed by atoms with Crippen molar-refractivity contribution in [2.24, 2.45) is 0 Å². The Balaban J connectivity index is 2.24. The van der Waals surface area contributed by atoms with Crippen LogP contribution in [0.15, 0.2) is 40.9 Å². The monoisotopic (exact) mass is 335 g/mol. The molecule has 0 bridgehead atoms. The third-order valence-electron chi connectivity index (χ3n) is 3.27. The third-order valence-corrected chi connectivity index (χ3v) is 4.32. The average Bonchev–Trinajstić information content (AvgIpc) is 2.44. The van der Waals surface area contributed by atoms with Crippen molar-refractivity contribution in [2.45, 2.75) is 19.9 Å². The molecule has 0 spiro atoms. The number of aromatic hydroxyl groups is 1. The molecule has 0 fully saturated rings. The number of halogens is 1. The van der Waals surface area contributed by atoms with E-state index < -0.39 is 0 Å². The van der Waals surface area contributed by atoms with Crippen LogP contribution < -0.4 is 10.1 Å². The van der Waals surface area contributed by atoms with Gasteiger partial charge in [-0.05, 0) is 59.1 Å². The van der Waals surface area contributed by atoms with E-state index in [0.717, 1.165) is 15.7 Å². The van der Waals surface area contributed by atoms with Crippen LogP contribution in [0.1, 0.15) is 24.1 Å². The normalized spacial score (nSPS) is 12.0. The molecule has 2 aromatic rings.